The molecule has 0 aliphatic heterocycles. The first-order chi connectivity index (χ1) is 7.25. The molecule has 1 aromatic heterocycles. The lowest BCUT2D eigenvalue weighted by Gasteiger charge is -2.02. The molecule has 0 aliphatic rings. The zero-order chi connectivity index (χ0) is 10.7. The SMILES string of the molecule is Cc1ccccc1CCc1nsc(N)n1. The second-order valence-corrected chi connectivity index (χ2v) is 4.26. The average molecular weight is 219 g/mol. The van der Waals surface area contributed by atoms with Crippen molar-refractivity contribution >= 4 is 16.7 Å². The maximum absolute atomic E-state index is 5.52. The number of aromatic nitrogens is 2. The Hall–Kier alpha value is -1.42. The van der Waals surface area contributed by atoms with Crippen LogP contribution in [0.25, 0.3) is 0 Å². The monoisotopic (exact) mass is 219 g/mol. The fourth-order valence-electron chi connectivity index (χ4n) is 1.51. The molecule has 0 radical (unpaired) electrons. The van der Waals surface area contributed by atoms with Crippen LogP contribution in [-0.4, -0.2) is 9.36 Å². The largest absolute Gasteiger partial charge is 0.374 e. The van der Waals surface area contributed by atoms with E-state index < -0.39 is 0 Å². The molecule has 2 aromatic rings. The molecule has 2 N–H and O–H groups in total. The van der Waals surface area contributed by atoms with Crippen molar-refractivity contribution < 1.29 is 0 Å². The van der Waals surface area contributed by atoms with Gasteiger partial charge in [0.15, 0.2) is 5.13 Å². The number of nitrogen functional groups attached to an aromatic ring is 1. The third-order valence-electron chi connectivity index (χ3n) is 2.36. The minimum atomic E-state index is 0.551. The molecule has 0 saturated carbocycles. The van der Waals surface area contributed by atoms with Crippen molar-refractivity contribution in [2.45, 2.75) is 19.8 Å². The van der Waals surface area contributed by atoms with E-state index >= 15 is 0 Å². The van der Waals surface area contributed by atoms with E-state index in [-0.39, 0.29) is 0 Å². The normalized spacial score (nSPS) is 10.5. The molecule has 1 heterocycles. The molecule has 4 heteroatoms. The summed E-state index contributed by atoms with van der Waals surface area (Å²) in [5, 5.41) is 0.551. The highest BCUT2D eigenvalue weighted by molar-refractivity contribution is 7.09. The molecule has 0 unspecified atom stereocenters. The number of nitrogens with two attached hydrogens (primary N) is 1. The minimum Gasteiger partial charge on any atom is -0.374 e. The Labute approximate surface area is 93.1 Å². The third-order valence-corrected chi connectivity index (χ3v) is 2.94. The Morgan fingerprint density at radius 2 is 2.07 bits per heavy atom. The van der Waals surface area contributed by atoms with Crippen molar-refractivity contribution in [1.29, 1.82) is 0 Å². The maximum atomic E-state index is 5.52. The van der Waals surface area contributed by atoms with E-state index in [1.165, 1.54) is 22.7 Å². The molecule has 15 heavy (non-hydrogen) atoms. The van der Waals surface area contributed by atoms with Crippen LogP contribution in [0.2, 0.25) is 0 Å². The van der Waals surface area contributed by atoms with Crippen LogP contribution in [0, 0.1) is 6.92 Å². The second kappa shape index (κ2) is 4.40. The van der Waals surface area contributed by atoms with Gasteiger partial charge in [-0.3, -0.25) is 0 Å². The van der Waals surface area contributed by atoms with Crippen molar-refractivity contribution in [2.75, 3.05) is 5.73 Å². The first-order valence-corrected chi connectivity index (χ1v) is 5.65. The Bertz CT molecular complexity index is 451. The van der Waals surface area contributed by atoms with Crippen LogP contribution in [0.15, 0.2) is 24.3 Å². The number of hydrogen-bond donors (Lipinski definition) is 1. The van der Waals surface area contributed by atoms with E-state index in [1.54, 1.807) is 0 Å². The fraction of sp³-hybridized carbons (Fsp3) is 0.273. The summed E-state index contributed by atoms with van der Waals surface area (Å²) >= 11 is 1.26. The Morgan fingerprint density at radius 3 is 2.73 bits per heavy atom. The lowest BCUT2D eigenvalue weighted by Crippen LogP contribution is -1.95. The zero-order valence-corrected chi connectivity index (χ0v) is 9.42. The molecule has 0 bridgehead atoms. The molecule has 0 atom stereocenters. The molecule has 0 amide bonds. The van der Waals surface area contributed by atoms with Crippen molar-refractivity contribution in [3.05, 3.63) is 41.2 Å². The van der Waals surface area contributed by atoms with Crippen LogP contribution in [0.3, 0.4) is 0 Å². The molecule has 0 aliphatic carbocycles. The smallest absolute Gasteiger partial charge is 0.199 e. The summed E-state index contributed by atoms with van der Waals surface area (Å²) in [7, 11) is 0. The molecule has 3 nitrogen and oxygen atoms in total. The predicted octanol–water partition coefficient (Wildman–Crippen LogP) is 2.21. The maximum Gasteiger partial charge on any atom is 0.199 e. The van der Waals surface area contributed by atoms with Gasteiger partial charge in [0.2, 0.25) is 0 Å². The van der Waals surface area contributed by atoms with Gasteiger partial charge in [0, 0.05) is 18.0 Å². The zero-order valence-electron chi connectivity index (χ0n) is 8.60. The van der Waals surface area contributed by atoms with E-state index in [0.29, 0.717) is 5.13 Å². The van der Waals surface area contributed by atoms with Crippen molar-refractivity contribution in [3.8, 4) is 0 Å². The Morgan fingerprint density at radius 1 is 1.27 bits per heavy atom. The topological polar surface area (TPSA) is 51.8 Å². The summed E-state index contributed by atoms with van der Waals surface area (Å²) < 4.78 is 4.17. The van der Waals surface area contributed by atoms with Crippen molar-refractivity contribution in [2.24, 2.45) is 0 Å². The van der Waals surface area contributed by atoms with Crippen LogP contribution < -0.4 is 5.73 Å². The standard InChI is InChI=1S/C11H13N3S/c1-8-4-2-3-5-9(8)6-7-10-13-11(12)15-14-10/h2-5H,6-7H2,1H3,(H2,12,13,14). The van der Waals surface area contributed by atoms with E-state index in [1.807, 2.05) is 0 Å². The van der Waals surface area contributed by atoms with Crippen LogP contribution in [-0.2, 0) is 12.8 Å². The molecule has 0 spiro atoms. The fourth-order valence-corrected chi connectivity index (χ4v) is 1.98. The van der Waals surface area contributed by atoms with Gasteiger partial charge in [-0.2, -0.15) is 4.37 Å². The number of anilines is 1. The van der Waals surface area contributed by atoms with Crippen LogP contribution in [0.5, 0.6) is 0 Å². The first-order valence-electron chi connectivity index (χ1n) is 4.88. The number of benzene rings is 1. The summed E-state index contributed by atoms with van der Waals surface area (Å²) in [4.78, 5) is 4.14. The Balaban J connectivity index is 2.02. The molecule has 2 rings (SSSR count). The van der Waals surface area contributed by atoms with E-state index in [0.717, 1.165) is 18.7 Å². The van der Waals surface area contributed by atoms with Crippen molar-refractivity contribution in [1.82, 2.24) is 9.36 Å². The van der Waals surface area contributed by atoms with Gasteiger partial charge in [0.1, 0.15) is 5.82 Å². The number of rotatable bonds is 3. The van der Waals surface area contributed by atoms with Gasteiger partial charge in [-0.25, -0.2) is 4.98 Å². The summed E-state index contributed by atoms with van der Waals surface area (Å²) in [5.41, 5.74) is 8.20. The summed E-state index contributed by atoms with van der Waals surface area (Å²) in [5.74, 6) is 0.848. The lowest BCUT2D eigenvalue weighted by atomic mass is 10.0. The van der Waals surface area contributed by atoms with Gasteiger partial charge in [-0.1, -0.05) is 24.3 Å². The Kier molecular flexibility index (Phi) is 2.97. The van der Waals surface area contributed by atoms with Crippen LogP contribution in [0.4, 0.5) is 5.13 Å². The molecular weight excluding hydrogens is 206 g/mol. The average Bonchev–Trinajstić information content (AvgIpc) is 2.63. The van der Waals surface area contributed by atoms with Gasteiger partial charge < -0.3 is 5.73 Å². The molecule has 0 fully saturated rings. The van der Waals surface area contributed by atoms with Crippen LogP contribution >= 0.6 is 11.5 Å². The van der Waals surface area contributed by atoms with Crippen molar-refractivity contribution in [3.63, 3.8) is 0 Å². The first kappa shape index (κ1) is 10.1. The van der Waals surface area contributed by atoms with Gasteiger partial charge >= 0.3 is 0 Å². The predicted molar refractivity (Wildman–Crippen MR) is 62.9 cm³/mol. The summed E-state index contributed by atoms with van der Waals surface area (Å²) in [6.07, 6.45) is 1.83. The van der Waals surface area contributed by atoms with E-state index in [4.69, 9.17) is 5.73 Å². The highest BCUT2D eigenvalue weighted by Gasteiger charge is 2.02. The van der Waals surface area contributed by atoms with E-state index in [9.17, 15) is 0 Å². The van der Waals surface area contributed by atoms with Gasteiger partial charge in [-0.05, 0) is 24.5 Å². The highest BCUT2D eigenvalue weighted by atomic mass is 32.1. The molecule has 78 valence electrons. The number of hydrogen-bond acceptors (Lipinski definition) is 4. The van der Waals surface area contributed by atoms with Gasteiger partial charge in [0.25, 0.3) is 0 Å². The van der Waals surface area contributed by atoms with Gasteiger partial charge in [0.05, 0.1) is 0 Å². The quantitative estimate of drug-likeness (QED) is 0.861. The lowest BCUT2D eigenvalue weighted by molar-refractivity contribution is 0.885. The summed E-state index contributed by atoms with van der Waals surface area (Å²) in [6, 6.07) is 8.38. The number of nitrogens with zero attached hydrogens (tertiary/aromatic N) is 2. The molecule has 1 aromatic carbocycles. The third kappa shape index (κ3) is 2.53. The summed E-state index contributed by atoms with van der Waals surface area (Å²) in [6.45, 7) is 2.12. The number of aryl methyl sites for hydroxylation is 3. The van der Waals surface area contributed by atoms with Crippen LogP contribution in [0.1, 0.15) is 17.0 Å². The highest BCUT2D eigenvalue weighted by Crippen LogP contribution is 2.12. The van der Waals surface area contributed by atoms with Gasteiger partial charge in [-0.15, -0.1) is 0 Å². The molecular formula is C11H13N3S. The second-order valence-electron chi connectivity index (χ2n) is 3.48. The van der Waals surface area contributed by atoms with E-state index in [2.05, 4.69) is 40.5 Å². The molecule has 0 saturated heterocycles. The minimum absolute atomic E-state index is 0.551.